The molecule has 0 saturated carbocycles. The maximum absolute atomic E-state index is 12.5. The van der Waals surface area contributed by atoms with E-state index in [4.69, 9.17) is 4.74 Å². The number of amides is 1. The predicted octanol–water partition coefficient (Wildman–Crippen LogP) is 3.26. The fraction of sp³-hybridized carbons (Fsp3) is 0.222. The molecule has 0 spiro atoms. The quantitative estimate of drug-likeness (QED) is 0.817. The summed E-state index contributed by atoms with van der Waals surface area (Å²) in [6.07, 6.45) is 3.43. The Hall–Kier alpha value is -2.82. The third-order valence-corrected chi connectivity index (χ3v) is 3.48. The highest BCUT2D eigenvalue weighted by Crippen LogP contribution is 2.26. The lowest BCUT2D eigenvalue weighted by Gasteiger charge is -2.15. The summed E-state index contributed by atoms with van der Waals surface area (Å²) >= 11 is 0. The lowest BCUT2D eigenvalue weighted by atomic mass is 10.0. The standard InChI is InChI=1S/C18H20N2O3/c1-5-15(13-9-7-6-8-10-13)16-11-14(17(21)23-4)12-20(16)18(22)19(2)3/h5-12H,1-4H3/b15-5+. The molecule has 120 valence electrons. The second-order valence-electron chi connectivity index (χ2n) is 5.22. The topological polar surface area (TPSA) is 51.5 Å². The summed E-state index contributed by atoms with van der Waals surface area (Å²) in [4.78, 5) is 25.8. The van der Waals surface area contributed by atoms with Gasteiger partial charge in [-0.15, -0.1) is 0 Å². The minimum absolute atomic E-state index is 0.231. The molecule has 0 aliphatic heterocycles. The highest BCUT2D eigenvalue weighted by molar-refractivity contribution is 5.94. The molecular formula is C18H20N2O3. The molecule has 0 atom stereocenters. The van der Waals surface area contributed by atoms with E-state index in [9.17, 15) is 9.59 Å². The van der Waals surface area contributed by atoms with Crippen molar-refractivity contribution in [3.8, 4) is 0 Å². The number of esters is 1. The van der Waals surface area contributed by atoms with Gasteiger partial charge in [0.15, 0.2) is 0 Å². The van der Waals surface area contributed by atoms with Crippen LogP contribution in [0.4, 0.5) is 4.79 Å². The third-order valence-electron chi connectivity index (χ3n) is 3.48. The maximum Gasteiger partial charge on any atom is 0.339 e. The van der Waals surface area contributed by atoms with Gasteiger partial charge >= 0.3 is 12.0 Å². The SMILES string of the molecule is C/C=C(\c1ccccc1)c1cc(C(=O)OC)cn1C(=O)N(C)C. The van der Waals surface area contributed by atoms with Gasteiger partial charge in [-0.2, -0.15) is 0 Å². The lowest BCUT2D eigenvalue weighted by molar-refractivity contribution is 0.0601. The minimum atomic E-state index is -0.472. The first-order valence-corrected chi connectivity index (χ1v) is 7.24. The van der Waals surface area contributed by atoms with Crippen molar-refractivity contribution >= 4 is 17.6 Å². The van der Waals surface area contributed by atoms with Crippen LogP contribution in [0.2, 0.25) is 0 Å². The number of hydrogen-bond acceptors (Lipinski definition) is 3. The van der Waals surface area contributed by atoms with E-state index in [0.717, 1.165) is 11.1 Å². The summed E-state index contributed by atoms with van der Waals surface area (Å²) in [6.45, 7) is 1.90. The molecule has 23 heavy (non-hydrogen) atoms. The molecule has 0 aliphatic rings. The number of aromatic nitrogens is 1. The van der Waals surface area contributed by atoms with E-state index in [0.29, 0.717) is 11.3 Å². The molecule has 5 heteroatoms. The van der Waals surface area contributed by atoms with Crippen LogP contribution in [-0.4, -0.2) is 42.7 Å². The molecule has 0 saturated heterocycles. The van der Waals surface area contributed by atoms with Crippen LogP contribution in [0, 0.1) is 0 Å². The number of ether oxygens (including phenoxy) is 1. The van der Waals surface area contributed by atoms with Crippen molar-refractivity contribution in [3.05, 3.63) is 65.5 Å². The first kappa shape index (κ1) is 16.5. The second kappa shape index (κ2) is 6.96. The van der Waals surface area contributed by atoms with Crippen molar-refractivity contribution < 1.29 is 14.3 Å². The van der Waals surface area contributed by atoms with Gasteiger partial charge in [0.05, 0.1) is 18.4 Å². The van der Waals surface area contributed by atoms with Gasteiger partial charge in [-0.25, -0.2) is 9.59 Å². The smallest absolute Gasteiger partial charge is 0.339 e. The van der Waals surface area contributed by atoms with Gasteiger partial charge in [-0.1, -0.05) is 36.4 Å². The summed E-state index contributed by atoms with van der Waals surface area (Å²) < 4.78 is 6.23. The number of allylic oxidation sites excluding steroid dienone is 1. The molecule has 2 rings (SSSR count). The largest absolute Gasteiger partial charge is 0.465 e. The van der Waals surface area contributed by atoms with E-state index in [1.165, 1.54) is 22.8 Å². The van der Waals surface area contributed by atoms with E-state index in [1.54, 1.807) is 20.2 Å². The van der Waals surface area contributed by atoms with Gasteiger partial charge in [0.25, 0.3) is 0 Å². The predicted molar refractivity (Wildman–Crippen MR) is 89.4 cm³/mol. The Labute approximate surface area is 135 Å². The minimum Gasteiger partial charge on any atom is -0.465 e. The van der Waals surface area contributed by atoms with E-state index in [-0.39, 0.29) is 6.03 Å². The number of benzene rings is 1. The van der Waals surface area contributed by atoms with Crippen molar-refractivity contribution in [1.29, 1.82) is 0 Å². The van der Waals surface area contributed by atoms with E-state index < -0.39 is 5.97 Å². The molecule has 0 unspecified atom stereocenters. The molecule has 2 aromatic rings. The Morgan fingerprint density at radius 1 is 1.13 bits per heavy atom. The summed E-state index contributed by atoms with van der Waals surface area (Å²) in [5.74, 6) is -0.472. The van der Waals surface area contributed by atoms with Gasteiger partial charge in [-0.05, 0) is 18.6 Å². The van der Waals surface area contributed by atoms with Crippen molar-refractivity contribution in [2.24, 2.45) is 0 Å². The van der Waals surface area contributed by atoms with Crippen LogP contribution >= 0.6 is 0 Å². The zero-order valence-corrected chi connectivity index (χ0v) is 13.7. The van der Waals surface area contributed by atoms with Crippen LogP contribution < -0.4 is 0 Å². The van der Waals surface area contributed by atoms with Crippen LogP contribution in [0.1, 0.15) is 28.5 Å². The maximum atomic E-state index is 12.5. The molecule has 1 heterocycles. The normalized spacial score (nSPS) is 11.2. The number of methoxy groups -OCH3 is 1. The first-order valence-electron chi connectivity index (χ1n) is 7.24. The van der Waals surface area contributed by atoms with Gasteiger partial charge in [0, 0.05) is 25.9 Å². The fourth-order valence-corrected chi connectivity index (χ4v) is 2.35. The molecule has 5 nitrogen and oxygen atoms in total. The van der Waals surface area contributed by atoms with E-state index in [1.807, 2.05) is 43.3 Å². The Morgan fingerprint density at radius 3 is 2.30 bits per heavy atom. The van der Waals surface area contributed by atoms with Crippen molar-refractivity contribution in [3.63, 3.8) is 0 Å². The summed E-state index contributed by atoms with van der Waals surface area (Å²) in [5, 5.41) is 0. The highest BCUT2D eigenvalue weighted by atomic mass is 16.5. The summed E-state index contributed by atoms with van der Waals surface area (Å²) in [6, 6.07) is 11.2. The summed E-state index contributed by atoms with van der Waals surface area (Å²) in [5.41, 5.74) is 2.83. The van der Waals surface area contributed by atoms with Crippen LogP contribution in [-0.2, 0) is 4.74 Å². The summed E-state index contributed by atoms with van der Waals surface area (Å²) in [7, 11) is 4.66. The molecular weight excluding hydrogens is 292 g/mol. The number of carbonyl (C=O) groups is 2. The zero-order chi connectivity index (χ0) is 17.0. The van der Waals surface area contributed by atoms with Crippen LogP contribution in [0.5, 0.6) is 0 Å². The van der Waals surface area contributed by atoms with Crippen LogP contribution in [0.25, 0.3) is 5.57 Å². The molecule has 0 N–H and O–H groups in total. The van der Waals surface area contributed by atoms with Gasteiger partial charge in [-0.3, -0.25) is 4.57 Å². The highest BCUT2D eigenvalue weighted by Gasteiger charge is 2.20. The average Bonchev–Trinajstić information content (AvgIpc) is 3.00. The molecule has 0 radical (unpaired) electrons. The second-order valence-corrected chi connectivity index (χ2v) is 5.22. The van der Waals surface area contributed by atoms with Crippen LogP contribution in [0.15, 0.2) is 48.7 Å². The van der Waals surface area contributed by atoms with Gasteiger partial charge in [0.1, 0.15) is 0 Å². The molecule has 0 bridgehead atoms. The zero-order valence-electron chi connectivity index (χ0n) is 13.7. The lowest BCUT2D eigenvalue weighted by Crippen LogP contribution is -2.28. The Balaban J connectivity index is 2.61. The fourth-order valence-electron chi connectivity index (χ4n) is 2.35. The van der Waals surface area contributed by atoms with Gasteiger partial charge in [0.2, 0.25) is 0 Å². The number of nitrogens with zero attached hydrogens (tertiary/aromatic N) is 2. The molecule has 1 aromatic carbocycles. The van der Waals surface area contributed by atoms with Gasteiger partial charge < -0.3 is 9.64 Å². The van der Waals surface area contributed by atoms with Crippen molar-refractivity contribution in [2.45, 2.75) is 6.92 Å². The van der Waals surface area contributed by atoms with E-state index >= 15 is 0 Å². The molecule has 1 amide bonds. The number of hydrogen-bond donors (Lipinski definition) is 0. The van der Waals surface area contributed by atoms with Crippen LogP contribution in [0.3, 0.4) is 0 Å². The average molecular weight is 312 g/mol. The Bertz CT molecular complexity index is 743. The Morgan fingerprint density at radius 2 is 1.78 bits per heavy atom. The van der Waals surface area contributed by atoms with Crippen molar-refractivity contribution in [1.82, 2.24) is 9.47 Å². The van der Waals surface area contributed by atoms with E-state index in [2.05, 4.69) is 0 Å². The monoisotopic (exact) mass is 312 g/mol. The Kier molecular flexibility index (Phi) is 5.01. The number of rotatable bonds is 3. The third kappa shape index (κ3) is 3.34. The molecule has 0 aliphatic carbocycles. The molecule has 1 aromatic heterocycles. The first-order chi connectivity index (χ1) is 11.0. The number of carbonyl (C=O) groups excluding carboxylic acids is 2. The molecule has 0 fully saturated rings. The van der Waals surface area contributed by atoms with Crippen molar-refractivity contribution in [2.75, 3.05) is 21.2 Å².